The van der Waals surface area contributed by atoms with E-state index >= 15 is 0 Å². The summed E-state index contributed by atoms with van der Waals surface area (Å²) in [4.78, 5) is 26.7. The molecule has 1 aliphatic rings. The quantitative estimate of drug-likeness (QED) is 0.649. The molecule has 1 atom stereocenters. The Kier molecular flexibility index (Phi) is 5.46. The van der Waals surface area contributed by atoms with Crippen LogP contribution in [0.1, 0.15) is 18.5 Å². The van der Waals surface area contributed by atoms with E-state index in [2.05, 4.69) is 5.32 Å². The van der Waals surface area contributed by atoms with Crippen LogP contribution < -0.4 is 5.32 Å². The number of piperazine rings is 1. The summed E-state index contributed by atoms with van der Waals surface area (Å²) in [5, 5.41) is 14.3. The monoisotopic (exact) mass is 306 g/mol. The second-order valence-corrected chi connectivity index (χ2v) is 5.54. The Hall–Kier alpha value is -1.99. The second-order valence-electron chi connectivity index (χ2n) is 5.54. The Balaban J connectivity index is 2.04. The van der Waals surface area contributed by atoms with Crippen LogP contribution in [0.3, 0.4) is 0 Å². The number of hydrogen-bond acceptors (Lipinski definition) is 5. The minimum atomic E-state index is -0.377. The smallest absolute Gasteiger partial charge is 0.274 e. The standard InChI is InChI=1S/C15H22N4O3/c1-12(13-5-3-4-6-14(13)19(21)22)17(2)11-15(20)18-9-7-16-8-10-18/h3-6,12,16H,7-11H2,1-2H3. The van der Waals surface area contributed by atoms with Crippen LogP contribution in [0.5, 0.6) is 0 Å². The van der Waals surface area contributed by atoms with E-state index in [0.29, 0.717) is 18.7 Å². The summed E-state index contributed by atoms with van der Waals surface area (Å²) < 4.78 is 0. The molecule has 1 saturated heterocycles. The Morgan fingerprint density at radius 2 is 2.05 bits per heavy atom. The van der Waals surface area contributed by atoms with Crippen LogP contribution in [0.25, 0.3) is 0 Å². The molecule has 1 amide bonds. The van der Waals surface area contributed by atoms with Crippen molar-refractivity contribution in [1.82, 2.24) is 15.1 Å². The lowest BCUT2D eigenvalue weighted by atomic mass is 10.1. The number of nitrogens with one attached hydrogen (secondary N) is 1. The molecule has 22 heavy (non-hydrogen) atoms. The average Bonchev–Trinajstić information content (AvgIpc) is 2.54. The topological polar surface area (TPSA) is 78.7 Å². The van der Waals surface area contributed by atoms with Gasteiger partial charge in [0, 0.05) is 43.9 Å². The summed E-state index contributed by atoms with van der Waals surface area (Å²) in [5.41, 5.74) is 0.722. The van der Waals surface area contributed by atoms with E-state index in [-0.39, 0.29) is 29.1 Å². The molecule has 1 aromatic rings. The molecule has 1 N–H and O–H groups in total. The molecule has 2 rings (SSSR count). The normalized spacial score (nSPS) is 16.6. The van der Waals surface area contributed by atoms with Gasteiger partial charge in [0.15, 0.2) is 0 Å². The van der Waals surface area contributed by atoms with E-state index in [1.807, 2.05) is 23.8 Å². The first-order valence-electron chi connectivity index (χ1n) is 7.42. The first kappa shape index (κ1) is 16.4. The molecule has 1 aliphatic heterocycles. The highest BCUT2D eigenvalue weighted by atomic mass is 16.6. The maximum Gasteiger partial charge on any atom is 0.274 e. The number of nitro groups is 1. The number of para-hydroxylation sites is 1. The van der Waals surface area contributed by atoms with Gasteiger partial charge in [0.25, 0.3) is 5.69 Å². The SMILES string of the molecule is CC(c1ccccc1[N+](=O)[O-])N(C)CC(=O)N1CCNCC1. The fourth-order valence-corrected chi connectivity index (χ4v) is 2.61. The zero-order chi connectivity index (χ0) is 16.1. The summed E-state index contributed by atoms with van der Waals surface area (Å²) in [6, 6.07) is 6.48. The van der Waals surface area contributed by atoms with E-state index in [4.69, 9.17) is 0 Å². The summed E-state index contributed by atoms with van der Waals surface area (Å²) >= 11 is 0. The number of amides is 1. The summed E-state index contributed by atoms with van der Waals surface area (Å²) in [5.74, 6) is 0.0643. The summed E-state index contributed by atoms with van der Waals surface area (Å²) in [6.07, 6.45) is 0. The number of nitro benzene ring substituents is 1. The molecular weight excluding hydrogens is 284 g/mol. The van der Waals surface area contributed by atoms with Gasteiger partial charge in [0.1, 0.15) is 0 Å². The van der Waals surface area contributed by atoms with E-state index in [9.17, 15) is 14.9 Å². The molecule has 0 radical (unpaired) electrons. The van der Waals surface area contributed by atoms with E-state index < -0.39 is 0 Å². The Morgan fingerprint density at radius 1 is 1.41 bits per heavy atom. The van der Waals surface area contributed by atoms with Crippen molar-refractivity contribution in [2.24, 2.45) is 0 Å². The van der Waals surface area contributed by atoms with Crippen molar-refractivity contribution in [1.29, 1.82) is 0 Å². The third kappa shape index (κ3) is 3.80. The van der Waals surface area contributed by atoms with Crippen molar-refractivity contribution < 1.29 is 9.72 Å². The van der Waals surface area contributed by atoms with Gasteiger partial charge in [0.2, 0.25) is 5.91 Å². The lowest BCUT2D eigenvalue weighted by molar-refractivity contribution is -0.385. The van der Waals surface area contributed by atoms with Gasteiger partial charge in [-0.15, -0.1) is 0 Å². The van der Waals surface area contributed by atoms with Gasteiger partial charge in [0.05, 0.1) is 11.5 Å². The van der Waals surface area contributed by atoms with Gasteiger partial charge in [-0.25, -0.2) is 0 Å². The first-order valence-corrected chi connectivity index (χ1v) is 7.42. The van der Waals surface area contributed by atoms with Crippen molar-refractivity contribution in [2.45, 2.75) is 13.0 Å². The van der Waals surface area contributed by atoms with Crippen molar-refractivity contribution in [3.8, 4) is 0 Å². The number of hydrogen-bond donors (Lipinski definition) is 1. The molecule has 0 aliphatic carbocycles. The Morgan fingerprint density at radius 3 is 2.68 bits per heavy atom. The third-order valence-electron chi connectivity index (χ3n) is 4.10. The fraction of sp³-hybridized carbons (Fsp3) is 0.533. The molecule has 1 aromatic carbocycles. The van der Waals surface area contributed by atoms with E-state index in [1.165, 1.54) is 6.07 Å². The van der Waals surface area contributed by atoms with Crippen LogP contribution >= 0.6 is 0 Å². The number of benzene rings is 1. The number of rotatable bonds is 5. The van der Waals surface area contributed by atoms with Crippen molar-refractivity contribution >= 4 is 11.6 Å². The summed E-state index contributed by atoms with van der Waals surface area (Å²) in [6.45, 7) is 5.20. The van der Waals surface area contributed by atoms with E-state index in [0.717, 1.165) is 13.1 Å². The van der Waals surface area contributed by atoms with Crippen LogP contribution in [0.2, 0.25) is 0 Å². The molecule has 0 saturated carbocycles. The summed E-state index contributed by atoms with van der Waals surface area (Å²) in [7, 11) is 1.82. The highest BCUT2D eigenvalue weighted by Gasteiger charge is 2.24. The molecule has 1 heterocycles. The Bertz CT molecular complexity index is 543. The molecular formula is C15H22N4O3. The van der Waals surface area contributed by atoms with Gasteiger partial charge < -0.3 is 10.2 Å². The molecule has 120 valence electrons. The Labute approximate surface area is 130 Å². The zero-order valence-electron chi connectivity index (χ0n) is 13.0. The van der Waals surface area contributed by atoms with Crippen LogP contribution in [-0.2, 0) is 4.79 Å². The lowest BCUT2D eigenvalue weighted by Crippen LogP contribution is -2.49. The third-order valence-corrected chi connectivity index (χ3v) is 4.10. The van der Waals surface area contributed by atoms with Crippen LogP contribution in [0.15, 0.2) is 24.3 Å². The van der Waals surface area contributed by atoms with Gasteiger partial charge in [-0.05, 0) is 14.0 Å². The molecule has 0 spiro atoms. The van der Waals surface area contributed by atoms with Gasteiger partial charge in [-0.2, -0.15) is 0 Å². The van der Waals surface area contributed by atoms with Gasteiger partial charge in [-0.1, -0.05) is 18.2 Å². The lowest BCUT2D eigenvalue weighted by Gasteiger charge is -2.31. The molecule has 0 aromatic heterocycles. The molecule has 1 fully saturated rings. The largest absolute Gasteiger partial charge is 0.339 e. The molecule has 0 bridgehead atoms. The first-order chi connectivity index (χ1) is 10.5. The number of carbonyl (C=O) groups excluding carboxylic acids is 1. The number of nitrogens with zero attached hydrogens (tertiary/aromatic N) is 3. The molecule has 7 nitrogen and oxygen atoms in total. The van der Waals surface area contributed by atoms with Crippen molar-refractivity contribution in [3.63, 3.8) is 0 Å². The molecule has 1 unspecified atom stereocenters. The maximum atomic E-state index is 12.3. The predicted octanol–water partition coefficient (Wildman–Crippen LogP) is 1.02. The minimum absolute atomic E-state index is 0.0643. The van der Waals surface area contributed by atoms with Gasteiger partial charge in [-0.3, -0.25) is 19.8 Å². The maximum absolute atomic E-state index is 12.3. The second kappa shape index (κ2) is 7.33. The molecule has 7 heteroatoms. The fourth-order valence-electron chi connectivity index (χ4n) is 2.61. The number of carbonyl (C=O) groups is 1. The van der Waals surface area contributed by atoms with Crippen LogP contribution in [0.4, 0.5) is 5.69 Å². The highest BCUT2D eigenvalue weighted by molar-refractivity contribution is 5.78. The van der Waals surface area contributed by atoms with Crippen LogP contribution in [-0.4, -0.2) is 60.4 Å². The average molecular weight is 306 g/mol. The van der Waals surface area contributed by atoms with Crippen molar-refractivity contribution in [2.75, 3.05) is 39.8 Å². The highest BCUT2D eigenvalue weighted by Crippen LogP contribution is 2.27. The number of likely N-dealkylation sites (N-methyl/N-ethyl adjacent to an activating group) is 1. The predicted molar refractivity (Wildman–Crippen MR) is 83.6 cm³/mol. The van der Waals surface area contributed by atoms with Crippen LogP contribution in [0, 0.1) is 10.1 Å². The van der Waals surface area contributed by atoms with Crippen molar-refractivity contribution in [3.05, 3.63) is 39.9 Å². The minimum Gasteiger partial charge on any atom is -0.339 e. The zero-order valence-corrected chi connectivity index (χ0v) is 13.0. The van der Waals surface area contributed by atoms with Gasteiger partial charge >= 0.3 is 0 Å². The van der Waals surface area contributed by atoms with E-state index in [1.54, 1.807) is 18.2 Å².